The lowest BCUT2D eigenvalue weighted by molar-refractivity contribution is -0.140. The van der Waals surface area contributed by atoms with Gasteiger partial charge in [0.15, 0.2) is 0 Å². The van der Waals surface area contributed by atoms with E-state index in [2.05, 4.69) is 9.72 Å². The van der Waals surface area contributed by atoms with Gasteiger partial charge in [-0.3, -0.25) is 4.79 Å². The molecule has 15 heavy (non-hydrogen) atoms. The quantitative estimate of drug-likeness (QED) is 0.713. The van der Waals surface area contributed by atoms with Crippen LogP contribution in [0.25, 0.3) is 11.0 Å². The van der Waals surface area contributed by atoms with E-state index in [1.807, 2.05) is 28.8 Å². The molecule has 78 valence electrons. The molecule has 4 nitrogen and oxygen atoms in total. The average molecular weight is 204 g/mol. The van der Waals surface area contributed by atoms with E-state index in [9.17, 15) is 4.79 Å². The summed E-state index contributed by atoms with van der Waals surface area (Å²) in [6.45, 7) is 0.604. The Morgan fingerprint density at radius 2 is 2.27 bits per heavy atom. The molecule has 0 aliphatic heterocycles. The minimum atomic E-state index is -0.201. The molecule has 0 unspecified atom stereocenters. The Balaban J connectivity index is 2.18. The van der Waals surface area contributed by atoms with Gasteiger partial charge >= 0.3 is 5.97 Å². The largest absolute Gasteiger partial charge is 0.469 e. The van der Waals surface area contributed by atoms with Gasteiger partial charge in [-0.15, -0.1) is 0 Å². The first-order chi connectivity index (χ1) is 7.31. The van der Waals surface area contributed by atoms with E-state index >= 15 is 0 Å². The lowest BCUT2D eigenvalue weighted by Crippen LogP contribution is -2.06. The molecule has 1 aromatic heterocycles. The van der Waals surface area contributed by atoms with Crippen molar-refractivity contribution >= 4 is 17.0 Å². The van der Waals surface area contributed by atoms with Crippen LogP contribution in [0.1, 0.15) is 6.42 Å². The fraction of sp³-hybridized carbons (Fsp3) is 0.273. The molecule has 0 aliphatic carbocycles. The first kappa shape index (κ1) is 9.71. The number of carbonyl (C=O) groups excluding carboxylic acids is 1. The topological polar surface area (TPSA) is 44.1 Å². The molecule has 0 atom stereocenters. The summed E-state index contributed by atoms with van der Waals surface area (Å²) in [4.78, 5) is 15.2. The first-order valence-corrected chi connectivity index (χ1v) is 4.78. The van der Waals surface area contributed by atoms with Gasteiger partial charge in [-0.1, -0.05) is 12.1 Å². The summed E-state index contributed by atoms with van der Waals surface area (Å²) >= 11 is 0. The lowest BCUT2D eigenvalue weighted by atomic mass is 10.3. The highest BCUT2D eigenvalue weighted by molar-refractivity contribution is 5.75. The van der Waals surface area contributed by atoms with Crippen molar-refractivity contribution in [3.05, 3.63) is 30.6 Å². The fourth-order valence-corrected chi connectivity index (χ4v) is 1.50. The molecular weight excluding hydrogens is 192 g/mol. The van der Waals surface area contributed by atoms with Crippen LogP contribution in [-0.4, -0.2) is 22.6 Å². The van der Waals surface area contributed by atoms with Crippen molar-refractivity contribution in [2.24, 2.45) is 0 Å². The fourth-order valence-electron chi connectivity index (χ4n) is 1.50. The second kappa shape index (κ2) is 4.13. The number of benzene rings is 1. The van der Waals surface area contributed by atoms with Crippen molar-refractivity contribution in [2.45, 2.75) is 13.0 Å². The smallest absolute Gasteiger partial charge is 0.307 e. The van der Waals surface area contributed by atoms with Crippen LogP contribution in [-0.2, 0) is 16.1 Å². The van der Waals surface area contributed by atoms with Gasteiger partial charge in [0.1, 0.15) is 0 Å². The summed E-state index contributed by atoms with van der Waals surface area (Å²) in [5.41, 5.74) is 1.99. The van der Waals surface area contributed by atoms with Crippen molar-refractivity contribution in [2.75, 3.05) is 7.11 Å². The van der Waals surface area contributed by atoms with E-state index in [0.717, 1.165) is 11.0 Å². The summed E-state index contributed by atoms with van der Waals surface area (Å²) in [5.74, 6) is -0.201. The molecule has 2 aromatic rings. The summed E-state index contributed by atoms with van der Waals surface area (Å²) in [5, 5.41) is 0. The summed E-state index contributed by atoms with van der Waals surface area (Å²) in [6.07, 6.45) is 2.12. The Morgan fingerprint density at radius 3 is 3.07 bits per heavy atom. The van der Waals surface area contributed by atoms with Gasteiger partial charge in [0, 0.05) is 6.54 Å². The van der Waals surface area contributed by atoms with Crippen molar-refractivity contribution in [1.29, 1.82) is 0 Å². The number of hydrogen-bond donors (Lipinski definition) is 0. The number of esters is 1. The molecule has 2 rings (SSSR count). The molecule has 0 radical (unpaired) electrons. The van der Waals surface area contributed by atoms with Crippen molar-refractivity contribution < 1.29 is 9.53 Å². The Labute approximate surface area is 87.5 Å². The molecule has 0 amide bonds. The third-order valence-corrected chi connectivity index (χ3v) is 2.31. The maximum absolute atomic E-state index is 11.0. The van der Waals surface area contributed by atoms with E-state index in [-0.39, 0.29) is 5.97 Å². The van der Waals surface area contributed by atoms with Crippen LogP contribution in [0.2, 0.25) is 0 Å². The van der Waals surface area contributed by atoms with E-state index in [0.29, 0.717) is 13.0 Å². The molecule has 4 heteroatoms. The zero-order valence-corrected chi connectivity index (χ0v) is 8.51. The minimum absolute atomic E-state index is 0.201. The molecule has 0 N–H and O–H groups in total. The standard InChI is InChI=1S/C11H12N2O2/c1-15-11(14)6-7-13-8-12-9-4-2-3-5-10(9)13/h2-5,8H,6-7H2,1H3. The van der Waals surface area contributed by atoms with Gasteiger partial charge in [-0.2, -0.15) is 0 Å². The van der Waals surface area contributed by atoms with Crippen molar-refractivity contribution in [3.63, 3.8) is 0 Å². The maximum atomic E-state index is 11.0. The van der Waals surface area contributed by atoms with Gasteiger partial charge in [-0.05, 0) is 12.1 Å². The number of carbonyl (C=O) groups is 1. The van der Waals surface area contributed by atoms with Crippen LogP contribution in [0, 0.1) is 0 Å². The normalized spacial score (nSPS) is 10.5. The predicted molar refractivity (Wildman–Crippen MR) is 56.4 cm³/mol. The van der Waals surface area contributed by atoms with Gasteiger partial charge in [0.25, 0.3) is 0 Å². The van der Waals surface area contributed by atoms with Crippen molar-refractivity contribution in [1.82, 2.24) is 9.55 Å². The van der Waals surface area contributed by atoms with Gasteiger partial charge in [0.05, 0.1) is 30.9 Å². The van der Waals surface area contributed by atoms with Crippen LogP contribution < -0.4 is 0 Å². The maximum Gasteiger partial charge on any atom is 0.307 e. The number of ether oxygens (including phenoxy) is 1. The van der Waals surface area contributed by atoms with E-state index in [4.69, 9.17) is 0 Å². The highest BCUT2D eigenvalue weighted by Crippen LogP contribution is 2.11. The molecule has 0 fully saturated rings. The number of rotatable bonds is 3. The van der Waals surface area contributed by atoms with Gasteiger partial charge in [-0.25, -0.2) is 4.98 Å². The zero-order valence-electron chi connectivity index (χ0n) is 8.51. The first-order valence-electron chi connectivity index (χ1n) is 4.78. The molecule has 0 aliphatic rings. The number of nitrogens with zero attached hydrogens (tertiary/aromatic N) is 2. The SMILES string of the molecule is COC(=O)CCn1cnc2ccccc21. The lowest BCUT2D eigenvalue weighted by Gasteiger charge is -2.02. The van der Waals surface area contributed by atoms with E-state index in [1.54, 1.807) is 6.33 Å². The highest BCUT2D eigenvalue weighted by Gasteiger charge is 2.04. The zero-order chi connectivity index (χ0) is 10.7. The Bertz CT molecular complexity index is 476. The van der Waals surface area contributed by atoms with Crippen LogP contribution in [0.5, 0.6) is 0 Å². The third-order valence-electron chi connectivity index (χ3n) is 2.31. The van der Waals surface area contributed by atoms with E-state index < -0.39 is 0 Å². The Hall–Kier alpha value is -1.84. The number of hydrogen-bond acceptors (Lipinski definition) is 3. The number of para-hydroxylation sites is 2. The molecule has 1 heterocycles. The minimum Gasteiger partial charge on any atom is -0.469 e. The average Bonchev–Trinajstić information content (AvgIpc) is 2.69. The van der Waals surface area contributed by atoms with E-state index in [1.165, 1.54) is 7.11 Å². The van der Waals surface area contributed by atoms with Gasteiger partial charge in [0.2, 0.25) is 0 Å². The van der Waals surface area contributed by atoms with Crippen LogP contribution in [0.15, 0.2) is 30.6 Å². The summed E-state index contributed by atoms with van der Waals surface area (Å²) in [6, 6.07) is 7.84. The molecule has 0 spiro atoms. The molecule has 0 bridgehead atoms. The van der Waals surface area contributed by atoms with Crippen LogP contribution >= 0.6 is 0 Å². The number of aryl methyl sites for hydroxylation is 1. The molecule has 0 saturated carbocycles. The Morgan fingerprint density at radius 1 is 1.47 bits per heavy atom. The van der Waals surface area contributed by atoms with Crippen molar-refractivity contribution in [3.8, 4) is 0 Å². The third kappa shape index (κ3) is 1.98. The molecule has 0 saturated heterocycles. The molecular formula is C11H12N2O2. The second-order valence-corrected chi connectivity index (χ2v) is 3.25. The number of imidazole rings is 1. The monoisotopic (exact) mass is 204 g/mol. The van der Waals surface area contributed by atoms with Crippen LogP contribution in [0.3, 0.4) is 0 Å². The highest BCUT2D eigenvalue weighted by atomic mass is 16.5. The Kier molecular flexibility index (Phi) is 2.67. The summed E-state index contributed by atoms with van der Waals surface area (Å²) in [7, 11) is 1.40. The number of fused-ring (bicyclic) bond motifs is 1. The second-order valence-electron chi connectivity index (χ2n) is 3.25. The van der Waals surface area contributed by atoms with Gasteiger partial charge < -0.3 is 9.30 Å². The summed E-state index contributed by atoms with van der Waals surface area (Å²) < 4.78 is 6.54. The molecule has 1 aromatic carbocycles. The predicted octanol–water partition coefficient (Wildman–Crippen LogP) is 1.60. The number of aromatic nitrogens is 2. The van der Waals surface area contributed by atoms with Crippen LogP contribution in [0.4, 0.5) is 0 Å². The number of methoxy groups -OCH3 is 1.